The smallest absolute Gasteiger partial charge is 0.0534 e. The third-order valence-electron chi connectivity index (χ3n) is 3.61. The van der Waals surface area contributed by atoms with Gasteiger partial charge in [0.25, 0.3) is 0 Å². The minimum absolute atomic E-state index is 0.168. The van der Waals surface area contributed by atoms with Crippen molar-refractivity contribution in [2.45, 2.75) is 51.9 Å². The van der Waals surface area contributed by atoms with Crippen molar-refractivity contribution < 1.29 is 5.11 Å². The van der Waals surface area contributed by atoms with Crippen molar-refractivity contribution in [3.63, 3.8) is 0 Å². The van der Waals surface area contributed by atoms with E-state index in [9.17, 15) is 5.11 Å². The van der Waals surface area contributed by atoms with E-state index in [1.807, 2.05) is 6.92 Å². The number of unbranched alkanes of at least 4 members (excludes halogenated alkanes) is 1. The highest BCUT2D eigenvalue weighted by molar-refractivity contribution is 5.40. The summed E-state index contributed by atoms with van der Waals surface area (Å²) in [7, 11) is 0. The third kappa shape index (κ3) is 3.32. The number of hydrogen-bond acceptors (Lipinski definition) is 1. The molecule has 1 fully saturated rings. The van der Waals surface area contributed by atoms with Crippen LogP contribution in [0.2, 0.25) is 0 Å². The molecule has 1 aromatic rings. The van der Waals surface area contributed by atoms with Crippen molar-refractivity contribution >= 4 is 0 Å². The SMILES string of the molecule is CCCCc1cc([C](C)CO)cc(C2CC2)c1. The zero-order chi connectivity index (χ0) is 12.3. The molecule has 0 bridgehead atoms. The molecular weight excluding hydrogens is 208 g/mol. The molecule has 0 heterocycles. The molecule has 1 saturated carbocycles. The van der Waals surface area contributed by atoms with Gasteiger partial charge in [-0.3, -0.25) is 0 Å². The maximum Gasteiger partial charge on any atom is 0.0534 e. The monoisotopic (exact) mass is 231 g/mol. The molecule has 1 aliphatic rings. The first-order valence-corrected chi connectivity index (χ1v) is 6.82. The Bertz CT molecular complexity index is 366. The van der Waals surface area contributed by atoms with Gasteiger partial charge in [-0.25, -0.2) is 0 Å². The van der Waals surface area contributed by atoms with Crippen LogP contribution in [-0.4, -0.2) is 11.7 Å². The molecule has 0 amide bonds. The second-order valence-electron chi connectivity index (χ2n) is 5.28. The molecule has 1 radical (unpaired) electrons. The van der Waals surface area contributed by atoms with Gasteiger partial charge >= 0.3 is 0 Å². The van der Waals surface area contributed by atoms with Crippen molar-refractivity contribution in [2.24, 2.45) is 0 Å². The second-order valence-corrected chi connectivity index (χ2v) is 5.28. The molecule has 2 rings (SSSR count). The van der Waals surface area contributed by atoms with Crippen LogP contribution in [-0.2, 0) is 6.42 Å². The molecule has 0 aliphatic heterocycles. The first kappa shape index (κ1) is 12.6. The second kappa shape index (κ2) is 5.68. The van der Waals surface area contributed by atoms with Crippen molar-refractivity contribution in [3.05, 3.63) is 40.8 Å². The molecule has 1 aliphatic carbocycles. The van der Waals surface area contributed by atoms with Crippen molar-refractivity contribution in [2.75, 3.05) is 6.61 Å². The minimum atomic E-state index is 0.168. The average molecular weight is 231 g/mol. The predicted molar refractivity (Wildman–Crippen MR) is 72.1 cm³/mol. The van der Waals surface area contributed by atoms with Gasteiger partial charge in [0.05, 0.1) is 6.61 Å². The van der Waals surface area contributed by atoms with Gasteiger partial charge in [0.2, 0.25) is 0 Å². The zero-order valence-electron chi connectivity index (χ0n) is 11.0. The quantitative estimate of drug-likeness (QED) is 0.788. The molecule has 0 atom stereocenters. The van der Waals surface area contributed by atoms with Gasteiger partial charge < -0.3 is 5.11 Å². The Balaban J connectivity index is 2.21. The van der Waals surface area contributed by atoms with Crippen LogP contribution in [0.4, 0.5) is 0 Å². The van der Waals surface area contributed by atoms with Gasteiger partial charge in [-0.15, -0.1) is 0 Å². The fraction of sp³-hybridized carbons (Fsp3) is 0.562. The molecule has 93 valence electrons. The Kier molecular flexibility index (Phi) is 4.22. The van der Waals surface area contributed by atoms with E-state index in [4.69, 9.17) is 0 Å². The number of aliphatic hydroxyl groups excluding tert-OH is 1. The van der Waals surface area contributed by atoms with Gasteiger partial charge in [-0.1, -0.05) is 38.5 Å². The highest BCUT2D eigenvalue weighted by atomic mass is 16.3. The Labute approximate surface area is 105 Å². The van der Waals surface area contributed by atoms with Crippen LogP contribution in [0.15, 0.2) is 18.2 Å². The molecule has 0 aromatic heterocycles. The van der Waals surface area contributed by atoms with E-state index < -0.39 is 0 Å². The van der Waals surface area contributed by atoms with Crippen LogP contribution in [0, 0.1) is 5.92 Å². The summed E-state index contributed by atoms with van der Waals surface area (Å²) < 4.78 is 0. The lowest BCUT2D eigenvalue weighted by Crippen LogP contribution is -2.02. The van der Waals surface area contributed by atoms with Crippen LogP contribution in [0.3, 0.4) is 0 Å². The maximum absolute atomic E-state index is 9.26. The first-order valence-electron chi connectivity index (χ1n) is 6.82. The lowest BCUT2D eigenvalue weighted by Gasteiger charge is -2.13. The van der Waals surface area contributed by atoms with Gasteiger partial charge in [-0.2, -0.15) is 0 Å². The number of hydrogen-bond donors (Lipinski definition) is 1. The van der Waals surface area contributed by atoms with E-state index in [-0.39, 0.29) is 6.61 Å². The highest BCUT2D eigenvalue weighted by Gasteiger charge is 2.24. The number of benzene rings is 1. The fourth-order valence-corrected chi connectivity index (χ4v) is 2.23. The van der Waals surface area contributed by atoms with Crippen LogP contribution < -0.4 is 0 Å². The summed E-state index contributed by atoms with van der Waals surface area (Å²) in [5.74, 6) is 1.88. The predicted octanol–water partition coefficient (Wildman–Crippen LogP) is 3.84. The molecule has 0 unspecified atom stereocenters. The van der Waals surface area contributed by atoms with Crippen LogP contribution >= 0.6 is 0 Å². The van der Waals surface area contributed by atoms with Crippen LogP contribution in [0.5, 0.6) is 0 Å². The number of aliphatic hydroxyl groups is 1. The van der Waals surface area contributed by atoms with E-state index in [0.29, 0.717) is 0 Å². The Morgan fingerprint density at radius 1 is 1.29 bits per heavy atom. The number of aryl methyl sites for hydroxylation is 1. The van der Waals surface area contributed by atoms with E-state index in [0.717, 1.165) is 11.8 Å². The third-order valence-corrected chi connectivity index (χ3v) is 3.61. The topological polar surface area (TPSA) is 20.2 Å². The first-order chi connectivity index (χ1) is 8.24. The van der Waals surface area contributed by atoms with Gasteiger partial charge in [-0.05, 0) is 48.3 Å². The summed E-state index contributed by atoms with van der Waals surface area (Å²) in [5, 5.41) is 9.26. The largest absolute Gasteiger partial charge is 0.395 e. The molecule has 0 saturated heterocycles. The van der Waals surface area contributed by atoms with Gasteiger partial charge in [0.15, 0.2) is 0 Å². The highest BCUT2D eigenvalue weighted by Crippen LogP contribution is 2.41. The summed E-state index contributed by atoms with van der Waals surface area (Å²) in [4.78, 5) is 0. The van der Waals surface area contributed by atoms with Gasteiger partial charge in [0.1, 0.15) is 0 Å². The Morgan fingerprint density at radius 2 is 2.06 bits per heavy atom. The zero-order valence-corrected chi connectivity index (χ0v) is 11.0. The fourth-order valence-electron chi connectivity index (χ4n) is 2.23. The van der Waals surface area contributed by atoms with E-state index in [1.165, 1.54) is 48.8 Å². The van der Waals surface area contributed by atoms with Crippen molar-refractivity contribution in [3.8, 4) is 0 Å². The lowest BCUT2D eigenvalue weighted by atomic mass is 9.93. The summed E-state index contributed by atoms with van der Waals surface area (Å²) in [6, 6.07) is 6.91. The molecule has 1 heteroatoms. The average Bonchev–Trinajstić information content (AvgIpc) is 3.19. The molecule has 1 aromatic carbocycles. The minimum Gasteiger partial charge on any atom is -0.395 e. The molecule has 1 nitrogen and oxygen atoms in total. The summed E-state index contributed by atoms with van der Waals surface area (Å²) in [6.45, 7) is 4.42. The summed E-state index contributed by atoms with van der Waals surface area (Å²) in [6.07, 6.45) is 6.35. The maximum atomic E-state index is 9.26. The van der Waals surface area contributed by atoms with Crippen LogP contribution in [0.25, 0.3) is 0 Å². The Morgan fingerprint density at radius 3 is 2.65 bits per heavy atom. The van der Waals surface area contributed by atoms with Crippen molar-refractivity contribution in [1.82, 2.24) is 0 Å². The van der Waals surface area contributed by atoms with E-state index in [1.54, 1.807) is 0 Å². The molecule has 1 N–H and O–H groups in total. The normalized spacial score (nSPS) is 15.5. The summed E-state index contributed by atoms with van der Waals surface area (Å²) >= 11 is 0. The summed E-state index contributed by atoms with van der Waals surface area (Å²) in [5.41, 5.74) is 4.17. The van der Waals surface area contributed by atoms with Crippen LogP contribution in [0.1, 0.15) is 62.1 Å². The molecule has 0 spiro atoms. The van der Waals surface area contributed by atoms with Gasteiger partial charge in [0, 0.05) is 5.92 Å². The molecule has 17 heavy (non-hydrogen) atoms. The number of rotatable bonds is 6. The van der Waals surface area contributed by atoms with Crippen molar-refractivity contribution in [1.29, 1.82) is 0 Å². The standard InChI is InChI=1S/C16H23O/c1-3-4-5-13-8-15(12(2)11-17)10-16(9-13)14-6-7-14/h8-10,14,17H,3-7,11H2,1-2H3. The lowest BCUT2D eigenvalue weighted by molar-refractivity contribution is 0.315. The van der Waals surface area contributed by atoms with E-state index in [2.05, 4.69) is 25.1 Å². The molecular formula is C16H23O. The Hall–Kier alpha value is -0.820. The van der Waals surface area contributed by atoms with E-state index >= 15 is 0 Å².